The summed E-state index contributed by atoms with van der Waals surface area (Å²) in [6, 6.07) is 10.3. The van der Waals surface area contributed by atoms with Gasteiger partial charge in [0.1, 0.15) is 11.5 Å². The van der Waals surface area contributed by atoms with Gasteiger partial charge in [0, 0.05) is 11.6 Å². The zero-order chi connectivity index (χ0) is 16.8. The van der Waals surface area contributed by atoms with Crippen LogP contribution in [0.15, 0.2) is 46.0 Å². The molecule has 0 atom stereocenters. The molecule has 23 heavy (non-hydrogen) atoms. The van der Waals surface area contributed by atoms with Crippen LogP contribution in [-0.2, 0) is 0 Å². The molecule has 120 valence electrons. The first kappa shape index (κ1) is 17.3. The van der Waals surface area contributed by atoms with Crippen LogP contribution < -0.4 is 14.9 Å². The number of hydrogen-bond acceptors (Lipinski definition) is 4. The number of ether oxygens (including phenoxy) is 2. The summed E-state index contributed by atoms with van der Waals surface area (Å²) >= 11 is 9.35. The molecule has 2 rings (SSSR count). The largest absolute Gasteiger partial charge is 0.496 e. The van der Waals surface area contributed by atoms with E-state index in [0.717, 1.165) is 4.47 Å². The van der Waals surface area contributed by atoms with Crippen LogP contribution in [0.1, 0.15) is 15.9 Å². The average Bonchev–Trinajstić information content (AvgIpc) is 2.55. The van der Waals surface area contributed by atoms with E-state index < -0.39 is 5.91 Å². The highest BCUT2D eigenvalue weighted by Crippen LogP contribution is 2.31. The fraction of sp³-hybridized carbons (Fsp3) is 0.125. The summed E-state index contributed by atoms with van der Waals surface area (Å²) in [7, 11) is 3.11. The number of methoxy groups -OCH3 is 2. The Kier molecular flexibility index (Phi) is 6.01. The smallest absolute Gasteiger partial charge is 0.272 e. The maximum absolute atomic E-state index is 12.0. The Bertz CT molecular complexity index is 750. The van der Waals surface area contributed by atoms with Gasteiger partial charge in [-0.3, -0.25) is 4.79 Å². The van der Waals surface area contributed by atoms with E-state index in [4.69, 9.17) is 21.1 Å². The van der Waals surface area contributed by atoms with Crippen molar-refractivity contribution in [1.29, 1.82) is 0 Å². The fourth-order valence-electron chi connectivity index (χ4n) is 1.85. The summed E-state index contributed by atoms with van der Waals surface area (Å²) in [5, 5.41) is 4.31. The Morgan fingerprint density at radius 1 is 1.22 bits per heavy atom. The lowest BCUT2D eigenvalue weighted by molar-refractivity contribution is 0.0955. The fourth-order valence-corrected chi connectivity index (χ4v) is 2.59. The van der Waals surface area contributed by atoms with E-state index >= 15 is 0 Å². The zero-order valence-electron chi connectivity index (χ0n) is 12.5. The van der Waals surface area contributed by atoms with E-state index in [0.29, 0.717) is 27.6 Å². The number of nitrogens with one attached hydrogen (secondary N) is 1. The van der Waals surface area contributed by atoms with E-state index in [1.165, 1.54) is 6.21 Å². The van der Waals surface area contributed by atoms with Crippen LogP contribution in [0.2, 0.25) is 5.02 Å². The predicted molar refractivity (Wildman–Crippen MR) is 93.8 cm³/mol. The first-order chi connectivity index (χ1) is 11.1. The number of hydrogen-bond donors (Lipinski definition) is 1. The normalized spacial score (nSPS) is 10.6. The highest BCUT2D eigenvalue weighted by atomic mass is 79.9. The van der Waals surface area contributed by atoms with Gasteiger partial charge in [-0.15, -0.1) is 0 Å². The average molecular weight is 398 g/mol. The van der Waals surface area contributed by atoms with Crippen molar-refractivity contribution in [3.63, 3.8) is 0 Å². The molecule has 7 heteroatoms. The summed E-state index contributed by atoms with van der Waals surface area (Å²) in [4.78, 5) is 12.0. The molecule has 0 saturated carbocycles. The second-order valence-electron chi connectivity index (χ2n) is 4.41. The lowest BCUT2D eigenvalue weighted by Crippen LogP contribution is -2.18. The molecule has 0 aliphatic rings. The van der Waals surface area contributed by atoms with E-state index in [1.54, 1.807) is 50.6 Å². The van der Waals surface area contributed by atoms with Gasteiger partial charge in [0.25, 0.3) is 5.91 Å². The maximum Gasteiger partial charge on any atom is 0.272 e. The number of rotatable bonds is 5. The molecular formula is C16H14BrClN2O3. The number of halogens is 2. The molecule has 0 radical (unpaired) electrons. The topological polar surface area (TPSA) is 59.9 Å². The number of nitrogens with zero attached hydrogens (tertiary/aromatic N) is 1. The van der Waals surface area contributed by atoms with Crippen molar-refractivity contribution in [2.75, 3.05) is 14.2 Å². The summed E-state index contributed by atoms with van der Waals surface area (Å²) < 4.78 is 11.2. The molecule has 0 aromatic heterocycles. The van der Waals surface area contributed by atoms with E-state index in [-0.39, 0.29) is 0 Å². The lowest BCUT2D eigenvalue weighted by atomic mass is 10.2. The number of benzene rings is 2. The SMILES string of the molecule is COc1cc(OC)c(/C=N/NC(=O)c2ccccc2Cl)cc1Br. The van der Waals surface area contributed by atoms with Gasteiger partial charge in [-0.05, 0) is 34.1 Å². The van der Waals surface area contributed by atoms with Gasteiger partial charge >= 0.3 is 0 Å². The van der Waals surface area contributed by atoms with Gasteiger partial charge in [-0.2, -0.15) is 5.10 Å². The van der Waals surface area contributed by atoms with Gasteiger partial charge in [0.15, 0.2) is 0 Å². The molecule has 0 heterocycles. The molecule has 2 aromatic rings. The lowest BCUT2D eigenvalue weighted by Gasteiger charge is -2.09. The van der Waals surface area contributed by atoms with Crippen LogP contribution >= 0.6 is 27.5 Å². The van der Waals surface area contributed by atoms with Crippen molar-refractivity contribution in [2.24, 2.45) is 5.10 Å². The van der Waals surface area contributed by atoms with Crippen molar-refractivity contribution >= 4 is 39.7 Å². The highest BCUT2D eigenvalue weighted by molar-refractivity contribution is 9.10. The molecule has 0 aliphatic heterocycles. The van der Waals surface area contributed by atoms with Crippen molar-refractivity contribution in [3.8, 4) is 11.5 Å². The van der Waals surface area contributed by atoms with Gasteiger partial charge in [0.2, 0.25) is 0 Å². The summed E-state index contributed by atoms with van der Waals surface area (Å²) in [5.74, 6) is 0.818. The molecule has 0 spiro atoms. The van der Waals surface area contributed by atoms with Gasteiger partial charge in [0.05, 0.1) is 35.5 Å². The first-order valence-electron chi connectivity index (χ1n) is 6.56. The first-order valence-corrected chi connectivity index (χ1v) is 7.73. The minimum atomic E-state index is -0.390. The third-order valence-electron chi connectivity index (χ3n) is 2.99. The molecule has 1 N–H and O–H groups in total. The van der Waals surface area contributed by atoms with Crippen molar-refractivity contribution < 1.29 is 14.3 Å². The number of carbonyl (C=O) groups is 1. The molecule has 2 aromatic carbocycles. The van der Waals surface area contributed by atoms with Gasteiger partial charge in [-0.1, -0.05) is 23.7 Å². The third kappa shape index (κ3) is 4.24. The molecule has 0 fully saturated rings. The molecular weight excluding hydrogens is 384 g/mol. The Balaban J connectivity index is 2.16. The van der Waals surface area contributed by atoms with Crippen molar-refractivity contribution in [2.45, 2.75) is 0 Å². The molecule has 0 aliphatic carbocycles. The van der Waals surface area contributed by atoms with Crippen LogP contribution in [-0.4, -0.2) is 26.3 Å². The maximum atomic E-state index is 12.0. The molecule has 5 nitrogen and oxygen atoms in total. The molecule has 1 amide bonds. The summed E-state index contributed by atoms with van der Waals surface area (Å²) in [6.45, 7) is 0. The molecule has 0 unspecified atom stereocenters. The van der Waals surface area contributed by atoms with Crippen LogP contribution in [0.5, 0.6) is 11.5 Å². The van der Waals surface area contributed by atoms with E-state index in [9.17, 15) is 4.79 Å². The number of amides is 1. The Morgan fingerprint density at radius 2 is 1.91 bits per heavy atom. The second kappa shape index (κ2) is 7.99. The monoisotopic (exact) mass is 396 g/mol. The number of hydrazone groups is 1. The van der Waals surface area contributed by atoms with Gasteiger partial charge < -0.3 is 9.47 Å². The van der Waals surface area contributed by atoms with Crippen molar-refractivity contribution in [1.82, 2.24) is 5.43 Å². The minimum absolute atomic E-state index is 0.356. The summed E-state index contributed by atoms with van der Waals surface area (Å²) in [6.07, 6.45) is 1.48. The van der Waals surface area contributed by atoms with E-state index in [1.807, 2.05) is 0 Å². The van der Waals surface area contributed by atoms with Crippen LogP contribution in [0.3, 0.4) is 0 Å². The highest BCUT2D eigenvalue weighted by Gasteiger charge is 2.10. The second-order valence-corrected chi connectivity index (χ2v) is 5.67. The Morgan fingerprint density at radius 3 is 2.57 bits per heavy atom. The van der Waals surface area contributed by atoms with Gasteiger partial charge in [-0.25, -0.2) is 5.43 Å². The quantitative estimate of drug-likeness (QED) is 0.615. The van der Waals surface area contributed by atoms with Crippen LogP contribution in [0.25, 0.3) is 0 Å². The van der Waals surface area contributed by atoms with Crippen LogP contribution in [0, 0.1) is 0 Å². The van der Waals surface area contributed by atoms with Crippen LogP contribution in [0.4, 0.5) is 0 Å². The Hall–Kier alpha value is -2.05. The Labute approximate surface area is 147 Å². The molecule has 0 bridgehead atoms. The van der Waals surface area contributed by atoms with E-state index in [2.05, 4.69) is 26.5 Å². The third-order valence-corrected chi connectivity index (χ3v) is 3.94. The number of carbonyl (C=O) groups excluding carboxylic acids is 1. The predicted octanol–water partition coefficient (Wildman–Crippen LogP) is 3.88. The molecule has 0 saturated heterocycles. The zero-order valence-corrected chi connectivity index (χ0v) is 14.8. The van der Waals surface area contributed by atoms with Crippen molar-refractivity contribution in [3.05, 3.63) is 57.0 Å². The minimum Gasteiger partial charge on any atom is -0.496 e. The standard InChI is InChI=1S/C16H14BrClN2O3/c1-22-14-8-15(23-2)12(17)7-10(14)9-19-20-16(21)11-5-3-4-6-13(11)18/h3-9H,1-2H3,(H,20,21)/b19-9+. The summed E-state index contributed by atoms with van der Waals surface area (Å²) in [5.41, 5.74) is 3.47.